The van der Waals surface area contributed by atoms with E-state index >= 15 is 0 Å². The highest BCUT2D eigenvalue weighted by atomic mass is 16.5. The summed E-state index contributed by atoms with van der Waals surface area (Å²) in [6, 6.07) is 9.25. The van der Waals surface area contributed by atoms with Gasteiger partial charge in [0, 0.05) is 13.7 Å². The summed E-state index contributed by atoms with van der Waals surface area (Å²) in [5, 5.41) is 2.89. The normalized spacial score (nSPS) is 14.1. The van der Waals surface area contributed by atoms with Crippen LogP contribution in [0.15, 0.2) is 30.3 Å². The van der Waals surface area contributed by atoms with Crippen LogP contribution in [0.4, 0.5) is 0 Å². The van der Waals surface area contributed by atoms with Gasteiger partial charge in [0.2, 0.25) is 5.91 Å². The lowest BCUT2D eigenvalue weighted by Crippen LogP contribution is -2.42. The van der Waals surface area contributed by atoms with Gasteiger partial charge in [0.15, 0.2) is 0 Å². The summed E-state index contributed by atoms with van der Waals surface area (Å²) >= 11 is 0. The van der Waals surface area contributed by atoms with Crippen molar-refractivity contribution in [2.75, 3.05) is 13.7 Å². The van der Waals surface area contributed by atoms with E-state index in [0.717, 1.165) is 5.56 Å². The average molecular weight is 236 g/mol. The van der Waals surface area contributed by atoms with Crippen molar-refractivity contribution in [1.29, 1.82) is 0 Å². The molecule has 0 aliphatic carbocycles. The first kappa shape index (κ1) is 13.7. The van der Waals surface area contributed by atoms with E-state index in [2.05, 4.69) is 5.32 Å². The Hall–Kier alpha value is -1.39. The van der Waals surface area contributed by atoms with Gasteiger partial charge in [0.1, 0.15) is 0 Å². The number of carbonyl (C=O) groups excluding carboxylic acids is 1. The van der Waals surface area contributed by atoms with E-state index in [1.807, 2.05) is 37.3 Å². The number of methoxy groups -OCH3 is 1. The third kappa shape index (κ3) is 4.54. The van der Waals surface area contributed by atoms with Crippen molar-refractivity contribution in [1.82, 2.24) is 5.32 Å². The molecule has 1 rings (SSSR count). The molecule has 0 aliphatic rings. The Balaban J connectivity index is 2.46. The van der Waals surface area contributed by atoms with Gasteiger partial charge in [-0.3, -0.25) is 4.79 Å². The van der Waals surface area contributed by atoms with E-state index in [1.54, 1.807) is 7.11 Å². The topological polar surface area (TPSA) is 64.3 Å². The second-order valence-corrected chi connectivity index (χ2v) is 4.03. The lowest BCUT2D eigenvalue weighted by Gasteiger charge is -2.17. The van der Waals surface area contributed by atoms with E-state index in [4.69, 9.17) is 10.5 Å². The van der Waals surface area contributed by atoms with Gasteiger partial charge in [-0.15, -0.1) is 0 Å². The van der Waals surface area contributed by atoms with Crippen LogP contribution in [-0.4, -0.2) is 25.7 Å². The predicted molar refractivity (Wildman–Crippen MR) is 67.5 cm³/mol. The minimum atomic E-state index is -0.513. The number of benzene rings is 1. The lowest BCUT2D eigenvalue weighted by molar-refractivity contribution is -0.123. The Morgan fingerprint density at radius 1 is 1.41 bits per heavy atom. The molecule has 0 spiro atoms. The maximum absolute atomic E-state index is 11.7. The molecule has 1 aromatic carbocycles. The molecule has 0 aromatic heterocycles. The summed E-state index contributed by atoms with van der Waals surface area (Å²) in [7, 11) is 1.59. The molecular formula is C13H20N2O2. The summed E-state index contributed by atoms with van der Waals surface area (Å²) in [4.78, 5) is 11.7. The van der Waals surface area contributed by atoms with Crippen LogP contribution in [0.1, 0.15) is 24.9 Å². The summed E-state index contributed by atoms with van der Waals surface area (Å²) in [6.45, 7) is 2.44. The maximum Gasteiger partial charge on any atom is 0.237 e. The zero-order valence-electron chi connectivity index (χ0n) is 10.3. The van der Waals surface area contributed by atoms with Gasteiger partial charge >= 0.3 is 0 Å². The fraction of sp³-hybridized carbons (Fsp3) is 0.462. The van der Waals surface area contributed by atoms with E-state index in [9.17, 15) is 4.79 Å². The van der Waals surface area contributed by atoms with Crippen LogP contribution in [0.2, 0.25) is 0 Å². The standard InChI is InChI=1S/C13H20N2O2/c1-10(11-6-4-3-5-7-11)15-13(16)12(14)8-9-17-2/h3-7,10,12H,8-9,14H2,1-2H3,(H,15,16). The van der Waals surface area contributed by atoms with Crippen molar-refractivity contribution in [3.8, 4) is 0 Å². The van der Waals surface area contributed by atoms with Crippen LogP contribution in [0.5, 0.6) is 0 Å². The molecule has 0 fully saturated rings. The van der Waals surface area contributed by atoms with Crippen molar-refractivity contribution in [3.05, 3.63) is 35.9 Å². The molecule has 1 amide bonds. The van der Waals surface area contributed by atoms with Crippen LogP contribution in [0, 0.1) is 0 Å². The Bertz CT molecular complexity index is 341. The third-order valence-electron chi connectivity index (χ3n) is 2.63. The average Bonchev–Trinajstić information content (AvgIpc) is 2.36. The van der Waals surface area contributed by atoms with E-state index in [-0.39, 0.29) is 11.9 Å². The molecule has 0 bridgehead atoms. The van der Waals surface area contributed by atoms with Gasteiger partial charge in [-0.1, -0.05) is 30.3 Å². The van der Waals surface area contributed by atoms with Gasteiger partial charge in [0.25, 0.3) is 0 Å². The monoisotopic (exact) mass is 236 g/mol. The molecule has 4 heteroatoms. The zero-order valence-corrected chi connectivity index (χ0v) is 10.3. The number of nitrogens with two attached hydrogens (primary N) is 1. The highest BCUT2D eigenvalue weighted by Crippen LogP contribution is 2.11. The van der Waals surface area contributed by atoms with Crippen LogP contribution in [0.3, 0.4) is 0 Å². The van der Waals surface area contributed by atoms with Gasteiger partial charge in [-0.05, 0) is 18.9 Å². The van der Waals surface area contributed by atoms with Crippen molar-refractivity contribution in [2.45, 2.75) is 25.4 Å². The quantitative estimate of drug-likeness (QED) is 0.780. The minimum Gasteiger partial charge on any atom is -0.385 e. The van der Waals surface area contributed by atoms with Gasteiger partial charge in [0.05, 0.1) is 12.1 Å². The summed E-state index contributed by atoms with van der Waals surface area (Å²) in [5.74, 6) is -0.140. The largest absolute Gasteiger partial charge is 0.385 e. The Labute approximate surface area is 102 Å². The minimum absolute atomic E-state index is 0.0303. The Morgan fingerprint density at radius 2 is 2.06 bits per heavy atom. The molecule has 0 saturated carbocycles. The molecule has 17 heavy (non-hydrogen) atoms. The first-order chi connectivity index (χ1) is 8.15. The van der Waals surface area contributed by atoms with Crippen molar-refractivity contribution >= 4 is 5.91 Å². The first-order valence-electron chi connectivity index (χ1n) is 5.75. The van der Waals surface area contributed by atoms with Crippen LogP contribution in [0.25, 0.3) is 0 Å². The highest BCUT2D eigenvalue weighted by Gasteiger charge is 2.15. The molecule has 94 valence electrons. The third-order valence-corrected chi connectivity index (χ3v) is 2.63. The number of ether oxygens (including phenoxy) is 1. The number of hydrogen-bond acceptors (Lipinski definition) is 3. The van der Waals surface area contributed by atoms with Crippen LogP contribution in [-0.2, 0) is 9.53 Å². The Morgan fingerprint density at radius 3 is 2.65 bits per heavy atom. The number of carbonyl (C=O) groups is 1. The van der Waals surface area contributed by atoms with Gasteiger partial charge in [-0.25, -0.2) is 0 Å². The second kappa shape index (κ2) is 7.04. The van der Waals surface area contributed by atoms with Crippen LogP contribution < -0.4 is 11.1 Å². The SMILES string of the molecule is COCCC(N)C(=O)NC(C)c1ccccc1. The van der Waals surface area contributed by atoms with Crippen molar-refractivity contribution in [3.63, 3.8) is 0 Å². The molecule has 0 radical (unpaired) electrons. The summed E-state index contributed by atoms with van der Waals surface area (Å²) in [6.07, 6.45) is 0.532. The number of nitrogens with one attached hydrogen (secondary N) is 1. The maximum atomic E-state index is 11.7. The fourth-order valence-electron chi connectivity index (χ4n) is 1.52. The fourth-order valence-corrected chi connectivity index (χ4v) is 1.52. The smallest absolute Gasteiger partial charge is 0.237 e. The van der Waals surface area contributed by atoms with Gasteiger partial charge < -0.3 is 15.8 Å². The zero-order chi connectivity index (χ0) is 12.7. The van der Waals surface area contributed by atoms with E-state index < -0.39 is 6.04 Å². The van der Waals surface area contributed by atoms with Gasteiger partial charge in [-0.2, -0.15) is 0 Å². The first-order valence-corrected chi connectivity index (χ1v) is 5.75. The summed E-state index contributed by atoms with van der Waals surface area (Å²) in [5.41, 5.74) is 6.81. The molecule has 1 aromatic rings. The number of hydrogen-bond donors (Lipinski definition) is 2. The van der Waals surface area contributed by atoms with E-state index in [1.165, 1.54) is 0 Å². The molecule has 0 saturated heterocycles. The molecule has 2 atom stereocenters. The lowest BCUT2D eigenvalue weighted by atomic mass is 10.1. The molecule has 0 aliphatic heterocycles. The molecule has 4 nitrogen and oxygen atoms in total. The highest BCUT2D eigenvalue weighted by molar-refractivity contribution is 5.81. The Kier molecular flexibility index (Phi) is 5.66. The number of rotatable bonds is 6. The van der Waals surface area contributed by atoms with Crippen LogP contribution >= 0.6 is 0 Å². The molecule has 3 N–H and O–H groups in total. The predicted octanol–water partition coefficient (Wildman–Crippen LogP) is 1.23. The molecule has 2 unspecified atom stereocenters. The molecular weight excluding hydrogens is 216 g/mol. The molecule has 0 heterocycles. The van der Waals surface area contributed by atoms with Crippen molar-refractivity contribution in [2.24, 2.45) is 5.73 Å². The summed E-state index contributed by atoms with van der Waals surface area (Å²) < 4.78 is 4.89. The number of amides is 1. The van der Waals surface area contributed by atoms with E-state index in [0.29, 0.717) is 13.0 Å². The second-order valence-electron chi connectivity index (χ2n) is 4.03. The van der Waals surface area contributed by atoms with Crippen molar-refractivity contribution < 1.29 is 9.53 Å².